The summed E-state index contributed by atoms with van der Waals surface area (Å²) in [6, 6.07) is 4.79. The van der Waals surface area contributed by atoms with Crippen molar-refractivity contribution in [2.24, 2.45) is 0 Å². The van der Waals surface area contributed by atoms with Crippen molar-refractivity contribution in [1.82, 2.24) is 0 Å². The summed E-state index contributed by atoms with van der Waals surface area (Å²) in [4.78, 5) is 11.7. The minimum atomic E-state index is -3.14. The van der Waals surface area contributed by atoms with Crippen LogP contribution in [0.3, 0.4) is 0 Å². The SMILES string of the molecule is Cc1cccc(Cl)c1NC(C)C(=O)OCCS(C)(=O)=O. The molecule has 0 saturated carbocycles. The summed E-state index contributed by atoms with van der Waals surface area (Å²) < 4.78 is 26.8. The number of benzene rings is 1. The Morgan fingerprint density at radius 1 is 1.45 bits per heavy atom. The van der Waals surface area contributed by atoms with E-state index in [9.17, 15) is 13.2 Å². The largest absolute Gasteiger partial charge is 0.463 e. The Balaban J connectivity index is 2.58. The summed E-state index contributed by atoms with van der Waals surface area (Å²) in [6.45, 7) is 3.35. The number of nitrogens with one attached hydrogen (secondary N) is 1. The molecular weight excluding hydrogens is 302 g/mol. The Hall–Kier alpha value is -1.27. The number of esters is 1. The molecule has 112 valence electrons. The lowest BCUT2D eigenvalue weighted by molar-refractivity contribution is -0.143. The van der Waals surface area contributed by atoms with E-state index in [1.165, 1.54) is 0 Å². The Morgan fingerprint density at radius 2 is 2.10 bits per heavy atom. The van der Waals surface area contributed by atoms with Crippen LogP contribution in [0.4, 0.5) is 5.69 Å². The molecule has 0 aromatic heterocycles. The van der Waals surface area contributed by atoms with Crippen LogP contribution in [0.2, 0.25) is 5.02 Å². The number of rotatable bonds is 6. The lowest BCUT2D eigenvalue weighted by Crippen LogP contribution is -2.30. The van der Waals surface area contributed by atoms with Crippen LogP contribution < -0.4 is 5.32 Å². The molecule has 1 rings (SSSR count). The normalized spacial score (nSPS) is 12.8. The molecule has 0 radical (unpaired) electrons. The Morgan fingerprint density at radius 3 is 2.65 bits per heavy atom. The highest BCUT2D eigenvalue weighted by Gasteiger charge is 2.17. The van der Waals surface area contributed by atoms with Gasteiger partial charge < -0.3 is 10.1 Å². The first-order valence-corrected chi connectivity index (χ1v) is 8.50. The minimum absolute atomic E-state index is 0.148. The van der Waals surface area contributed by atoms with Crippen LogP contribution >= 0.6 is 11.6 Å². The van der Waals surface area contributed by atoms with Gasteiger partial charge in [0.05, 0.1) is 16.5 Å². The van der Waals surface area contributed by atoms with E-state index < -0.39 is 21.8 Å². The van der Waals surface area contributed by atoms with Gasteiger partial charge in [-0.25, -0.2) is 13.2 Å². The van der Waals surface area contributed by atoms with Gasteiger partial charge in [-0.1, -0.05) is 23.7 Å². The maximum absolute atomic E-state index is 11.7. The third-order valence-electron chi connectivity index (χ3n) is 2.63. The number of anilines is 1. The summed E-state index contributed by atoms with van der Waals surface area (Å²) in [5.41, 5.74) is 1.58. The van der Waals surface area contributed by atoms with Gasteiger partial charge >= 0.3 is 5.97 Å². The monoisotopic (exact) mass is 319 g/mol. The molecule has 1 N–H and O–H groups in total. The van der Waals surface area contributed by atoms with Gasteiger partial charge in [-0.15, -0.1) is 0 Å². The smallest absolute Gasteiger partial charge is 0.328 e. The molecule has 0 aliphatic carbocycles. The zero-order valence-corrected chi connectivity index (χ0v) is 13.2. The van der Waals surface area contributed by atoms with E-state index in [2.05, 4.69) is 5.32 Å². The number of para-hydroxylation sites is 1. The van der Waals surface area contributed by atoms with Crippen LogP contribution in [0, 0.1) is 6.92 Å². The summed E-state index contributed by atoms with van der Waals surface area (Å²) >= 11 is 6.05. The zero-order chi connectivity index (χ0) is 15.3. The second kappa shape index (κ2) is 6.95. The molecular formula is C13H18ClNO4S. The summed E-state index contributed by atoms with van der Waals surface area (Å²) in [6.07, 6.45) is 1.09. The van der Waals surface area contributed by atoms with Crippen LogP contribution in [0.1, 0.15) is 12.5 Å². The summed E-state index contributed by atoms with van der Waals surface area (Å²) in [5.74, 6) is -0.704. The molecule has 0 fully saturated rings. The van der Waals surface area contributed by atoms with E-state index >= 15 is 0 Å². The topological polar surface area (TPSA) is 72.5 Å². The van der Waals surface area contributed by atoms with Gasteiger partial charge in [0.25, 0.3) is 0 Å². The molecule has 0 heterocycles. The number of hydrogen-bond donors (Lipinski definition) is 1. The fraction of sp³-hybridized carbons (Fsp3) is 0.462. The van der Waals surface area contributed by atoms with Crippen LogP contribution in [-0.2, 0) is 19.4 Å². The van der Waals surface area contributed by atoms with Crippen molar-refractivity contribution in [1.29, 1.82) is 0 Å². The van der Waals surface area contributed by atoms with E-state index in [0.29, 0.717) is 10.7 Å². The molecule has 1 aromatic carbocycles. The van der Waals surface area contributed by atoms with Gasteiger partial charge in [-0.3, -0.25) is 0 Å². The molecule has 1 aromatic rings. The molecule has 1 unspecified atom stereocenters. The highest BCUT2D eigenvalue weighted by molar-refractivity contribution is 7.90. The maximum atomic E-state index is 11.7. The van der Waals surface area contributed by atoms with Crippen LogP contribution in [0.5, 0.6) is 0 Å². The minimum Gasteiger partial charge on any atom is -0.463 e. The molecule has 1 atom stereocenters. The fourth-order valence-corrected chi connectivity index (χ4v) is 2.17. The number of aryl methyl sites for hydroxylation is 1. The first-order chi connectivity index (χ1) is 9.20. The molecule has 0 saturated heterocycles. The maximum Gasteiger partial charge on any atom is 0.328 e. The van der Waals surface area contributed by atoms with E-state index in [-0.39, 0.29) is 12.4 Å². The first kappa shape index (κ1) is 16.8. The van der Waals surface area contributed by atoms with Gasteiger partial charge in [0.2, 0.25) is 0 Å². The molecule has 7 heteroatoms. The fourth-order valence-electron chi connectivity index (χ4n) is 1.51. The third kappa shape index (κ3) is 5.38. The van der Waals surface area contributed by atoms with Crippen molar-refractivity contribution >= 4 is 33.1 Å². The standard InChI is InChI=1S/C13H18ClNO4S/c1-9-5-4-6-11(14)12(9)15-10(2)13(16)19-7-8-20(3,17)18/h4-6,10,15H,7-8H2,1-3H3. The third-order valence-corrected chi connectivity index (χ3v) is 3.86. The van der Waals surface area contributed by atoms with Gasteiger partial charge in [-0.2, -0.15) is 0 Å². The van der Waals surface area contributed by atoms with Gasteiger partial charge in [-0.05, 0) is 25.5 Å². The van der Waals surface area contributed by atoms with Crippen molar-refractivity contribution in [2.75, 3.05) is 23.9 Å². The van der Waals surface area contributed by atoms with Crippen molar-refractivity contribution in [3.05, 3.63) is 28.8 Å². The molecule has 5 nitrogen and oxygen atoms in total. The second-order valence-corrected chi connectivity index (χ2v) is 7.26. The number of ether oxygens (including phenoxy) is 1. The molecule has 20 heavy (non-hydrogen) atoms. The first-order valence-electron chi connectivity index (χ1n) is 6.06. The number of carbonyl (C=O) groups is 1. The van der Waals surface area contributed by atoms with Crippen molar-refractivity contribution in [2.45, 2.75) is 19.9 Å². The quantitative estimate of drug-likeness (QED) is 0.812. The predicted octanol–water partition coefficient (Wildman–Crippen LogP) is 2.04. The molecule has 0 aliphatic heterocycles. The number of carbonyl (C=O) groups excluding carboxylic acids is 1. The predicted molar refractivity (Wildman–Crippen MR) is 79.9 cm³/mol. The van der Waals surface area contributed by atoms with E-state index in [4.69, 9.17) is 16.3 Å². The Kier molecular flexibility index (Phi) is 5.83. The average Bonchev–Trinajstić information content (AvgIpc) is 2.32. The van der Waals surface area contributed by atoms with Crippen molar-refractivity contribution < 1.29 is 17.9 Å². The average molecular weight is 320 g/mol. The molecule has 0 spiro atoms. The number of sulfone groups is 1. The molecule has 0 amide bonds. The van der Waals surface area contributed by atoms with Gasteiger partial charge in [0.1, 0.15) is 12.6 Å². The van der Waals surface area contributed by atoms with Crippen molar-refractivity contribution in [3.63, 3.8) is 0 Å². The highest BCUT2D eigenvalue weighted by atomic mass is 35.5. The molecule has 0 bridgehead atoms. The number of halogens is 1. The van der Waals surface area contributed by atoms with E-state index in [1.54, 1.807) is 13.0 Å². The second-order valence-electron chi connectivity index (χ2n) is 4.60. The zero-order valence-electron chi connectivity index (χ0n) is 11.6. The lowest BCUT2D eigenvalue weighted by Gasteiger charge is -2.17. The highest BCUT2D eigenvalue weighted by Crippen LogP contribution is 2.25. The van der Waals surface area contributed by atoms with Crippen LogP contribution in [-0.4, -0.2) is 39.0 Å². The molecule has 0 aliphatic rings. The summed E-state index contributed by atoms with van der Waals surface area (Å²) in [7, 11) is -3.14. The van der Waals surface area contributed by atoms with Gasteiger partial charge in [0, 0.05) is 6.26 Å². The van der Waals surface area contributed by atoms with E-state index in [1.807, 2.05) is 19.1 Å². The summed E-state index contributed by atoms with van der Waals surface area (Å²) in [5, 5.41) is 3.48. The Labute approximate surface area is 124 Å². The lowest BCUT2D eigenvalue weighted by atomic mass is 10.2. The van der Waals surface area contributed by atoms with Crippen molar-refractivity contribution in [3.8, 4) is 0 Å². The van der Waals surface area contributed by atoms with Gasteiger partial charge in [0.15, 0.2) is 9.84 Å². The van der Waals surface area contributed by atoms with E-state index in [0.717, 1.165) is 11.8 Å². The number of hydrogen-bond acceptors (Lipinski definition) is 5. The van der Waals surface area contributed by atoms with Crippen LogP contribution in [0.25, 0.3) is 0 Å². The Bertz CT molecular complexity index is 566. The van der Waals surface area contributed by atoms with Crippen LogP contribution in [0.15, 0.2) is 18.2 Å².